The molecule has 0 spiro atoms. The van der Waals surface area contributed by atoms with Gasteiger partial charge in [-0.1, -0.05) is 6.07 Å². The fourth-order valence-electron chi connectivity index (χ4n) is 1.71. The molecule has 0 unspecified atom stereocenters. The lowest BCUT2D eigenvalue weighted by Crippen LogP contribution is -2.27. The summed E-state index contributed by atoms with van der Waals surface area (Å²) in [7, 11) is 0. The Morgan fingerprint density at radius 1 is 1.28 bits per heavy atom. The van der Waals surface area contributed by atoms with Crippen molar-refractivity contribution in [3.63, 3.8) is 0 Å². The average Bonchev–Trinajstić information content (AvgIpc) is 2.31. The van der Waals surface area contributed by atoms with E-state index in [2.05, 4.69) is 10.2 Å². The van der Waals surface area contributed by atoms with Crippen LogP contribution in [0.15, 0.2) is 18.2 Å². The van der Waals surface area contributed by atoms with Gasteiger partial charge in [-0.15, -0.1) is 23.2 Å². The van der Waals surface area contributed by atoms with Gasteiger partial charge >= 0.3 is 0 Å². The van der Waals surface area contributed by atoms with Crippen molar-refractivity contribution < 1.29 is 4.79 Å². The fraction of sp³-hybridized carbons (Fsp3) is 0.462. The summed E-state index contributed by atoms with van der Waals surface area (Å²) < 4.78 is 0. The number of benzene rings is 1. The first-order valence-electron chi connectivity index (χ1n) is 5.83. The molecule has 0 aliphatic carbocycles. The number of aryl methyl sites for hydroxylation is 1. The minimum Gasteiger partial charge on any atom is -0.369 e. The molecular formula is C13H18Cl2N2O. The van der Waals surface area contributed by atoms with E-state index in [1.165, 1.54) is 6.92 Å². The summed E-state index contributed by atoms with van der Waals surface area (Å²) in [6, 6.07) is 5.95. The second-order valence-corrected chi connectivity index (χ2v) is 4.80. The first-order valence-corrected chi connectivity index (χ1v) is 6.90. The molecule has 0 bridgehead atoms. The van der Waals surface area contributed by atoms with Gasteiger partial charge in [0.15, 0.2) is 0 Å². The number of alkyl halides is 2. The standard InChI is InChI=1S/C13H18Cl2N2O/c1-10-3-4-12(9-13(10)16-11(2)18)17(7-5-14)8-6-15/h3-4,9H,5-8H2,1-2H3,(H,16,18). The Bertz CT molecular complexity index is 404. The Morgan fingerprint density at radius 3 is 2.39 bits per heavy atom. The minimum absolute atomic E-state index is 0.0727. The highest BCUT2D eigenvalue weighted by Gasteiger charge is 2.08. The molecule has 1 N–H and O–H groups in total. The van der Waals surface area contributed by atoms with Crippen LogP contribution in [0.25, 0.3) is 0 Å². The molecule has 0 aliphatic heterocycles. The number of nitrogens with zero attached hydrogens (tertiary/aromatic N) is 1. The predicted octanol–water partition coefficient (Wildman–Crippen LogP) is 3.24. The van der Waals surface area contributed by atoms with Crippen LogP contribution in [0.4, 0.5) is 11.4 Å². The molecule has 0 aromatic heterocycles. The molecule has 0 saturated heterocycles. The molecule has 0 atom stereocenters. The van der Waals surface area contributed by atoms with Crippen LogP contribution in [0.1, 0.15) is 12.5 Å². The van der Waals surface area contributed by atoms with Gasteiger partial charge in [0.25, 0.3) is 0 Å². The van der Waals surface area contributed by atoms with Gasteiger partial charge in [0.1, 0.15) is 0 Å². The van der Waals surface area contributed by atoms with Crippen molar-refractivity contribution in [3.05, 3.63) is 23.8 Å². The number of amides is 1. The maximum Gasteiger partial charge on any atom is 0.221 e. The van der Waals surface area contributed by atoms with Crippen LogP contribution in [0.5, 0.6) is 0 Å². The van der Waals surface area contributed by atoms with E-state index < -0.39 is 0 Å². The number of halogens is 2. The molecule has 5 heteroatoms. The van der Waals surface area contributed by atoms with Crippen molar-refractivity contribution >= 4 is 40.5 Å². The molecular weight excluding hydrogens is 271 g/mol. The van der Waals surface area contributed by atoms with Gasteiger partial charge < -0.3 is 10.2 Å². The summed E-state index contributed by atoms with van der Waals surface area (Å²) >= 11 is 11.6. The molecule has 1 amide bonds. The molecule has 0 radical (unpaired) electrons. The van der Waals surface area contributed by atoms with E-state index in [0.717, 1.165) is 30.0 Å². The zero-order valence-corrected chi connectivity index (χ0v) is 12.2. The fourth-order valence-corrected chi connectivity index (χ4v) is 2.11. The van der Waals surface area contributed by atoms with Crippen molar-refractivity contribution in [2.45, 2.75) is 13.8 Å². The van der Waals surface area contributed by atoms with E-state index in [9.17, 15) is 4.79 Å². The van der Waals surface area contributed by atoms with E-state index in [1.807, 2.05) is 25.1 Å². The lowest BCUT2D eigenvalue weighted by molar-refractivity contribution is -0.114. The predicted molar refractivity (Wildman–Crippen MR) is 79.1 cm³/mol. The van der Waals surface area contributed by atoms with Crippen LogP contribution >= 0.6 is 23.2 Å². The van der Waals surface area contributed by atoms with E-state index in [0.29, 0.717) is 11.8 Å². The summed E-state index contributed by atoms with van der Waals surface area (Å²) in [6.45, 7) is 4.93. The Morgan fingerprint density at radius 2 is 1.89 bits per heavy atom. The van der Waals surface area contributed by atoms with Gasteiger partial charge in [-0.3, -0.25) is 4.79 Å². The maximum absolute atomic E-state index is 11.1. The Kier molecular flexibility index (Phi) is 6.30. The third-order valence-electron chi connectivity index (χ3n) is 2.61. The van der Waals surface area contributed by atoms with Gasteiger partial charge in [0.2, 0.25) is 5.91 Å². The molecule has 0 heterocycles. The van der Waals surface area contributed by atoms with Crippen LogP contribution < -0.4 is 10.2 Å². The Labute approximate surface area is 118 Å². The van der Waals surface area contributed by atoms with Gasteiger partial charge in [0, 0.05) is 43.1 Å². The topological polar surface area (TPSA) is 32.3 Å². The highest BCUT2D eigenvalue weighted by Crippen LogP contribution is 2.23. The molecule has 0 saturated carbocycles. The molecule has 100 valence electrons. The van der Waals surface area contributed by atoms with Crippen LogP contribution in [-0.2, 0) is 4.79 Å². The monoisotopic (exact) mass is 288 g/mol. The van der Waals surface area contributed by atoms with Gasteiger partial charge in [-0.05, 0) is 24.6 Å². The molecule has 0 aliphatic rings. The van der Waals surface area contributed by atoms with E-state index in [-0.39, 0.29) is 5.91 Å². The van der Waals surface area contributed by atoms with Crippen molar-refractivity contribution in [2.75, 3.05) is 35.1 Å². The highest BCUT2D eigenvalue weighted by atomic mass is 35.5. The summed E-state index contributed by atoms with van der Waals surface area (Å²) in [5, 5.41) is 2.82. The number of carbonyl (C=O) groups excluding carboxylic acids is 1. The molecule has 1 aromatic carbocycles. The summed E-state index contributed by atoms with van der Waals surface area (Å²) in [6.07, 6.45) is 0. The van der Waals surface area contributed by atoms with Crippen LogP contribution in [0.2, 0.25) is 0 Å². The molecule has 3 nitrogen and oxygen atoms in total. The largest absolute Gasteiger partial charge is 0.369 e. The van der Waals surface area contributed by atoms with Crippen molar-refractivity contribution in [3.8, 4) is 0 Å². The zero-order valence-electron chi connectivity index (χ0n) is 10.7. The number of carbonyl (C=O) groups is 1. The van der Waals surface area contributed by atoms with Crippen LogP contribution in [0, 0.1) is 6.92 Å². The molecule has 18 heavy (non-hydrogen) atoms. The van der Waals surface area contributed by atoms with Gasteiger partial charge in [0.05, 0.1) is 0 Å². The van der Waals surface area contributed by atoms with Crippen molar-refractivity contribution in [1.29, 1.82) is 0 Å². The first-order chi connectivity index (χ1) is 8.58. The number of anilines is 2. The Hall–Kier alpha value is -0.930. The number of hydrogen-bond donors (Lipinski definition) is 1. The first kappa shape index (κ1) is 15.1. The second kappa shape index (κ2) is 7.49. The third-order valence-corrected chi connectivity index (χ3v) is 2.94. The van der Waals surface area contributed by atoms with Crippen molar-refractivity contribution in [2.24, 2.45) is 0 Å². The molecule has 1 aromatic rings. The van der Waals surface area contributed by atoms with Crippen molar-refractivity contribution in [1.82, 2.24) is 0 Å². The summed E-state index contributed by atoms with van der Waals surface area (Å²) in [5.41, 5.74) is 2.88. The molecule has 0 fully saturated rings. The Balaban J connectivity index is 2.96. The average molecular weight is 289 g/mol. The minimum atomic E-state index is -0.0727. The number of nitrogens with one attached hydrogen (secondary N) is 1. The zero-order chi connectivity index (χ0) is 13.5. The molecule has 1 rings (SSSR count). The van der Waals surface area contributed by atoms with E-state index >= 15 is 0 Å². The van der Waals surface area contributed by atoms with Gasteiger partial charge in [-0.2, -0.15) is 0 Å². The lowest BCUT2D eigenvalue weighted by Gasteiger charge is -2.24. The number of hydrogen-bond acceptors (Lipinski definition) is 2. The SMILES string of the molecule is CC(=O)Nc1cc(N(CCCl)CCCl)ccc1C. The van der Waals surface area contributed by atoms with Gasteiger partial charge in [-0.25, -0.2) is 0 Å². The van der Waals surface area contributed by atoms with E-state index in [4.69, 9.17) is 23.2 Å². The van der Waals surface area contributed by atoms with Crippen LogP contribution in [0.3, 0.4) is 0 Å². The van der Waals surface area contributed by atoms with E-state index in [1.54, 1.807) is 0 Å². The highest BCUT2D eigenvalue weighted by molar-refractivity contribution is 6.18. The maximum atomic E-state index is 11.1. The second-order valence-electron chi connectivity index (χ2n) is 4.05. The number of rotatable bonds is 6. The quantitative estimate of drug-likeness (QED) is 0.815. The smallest absolute Gasteiger partial charge is 0.221 e. The third kappa shape index (κ3) is 4.39. The lowest BCUT2D eigenvalue weighted by atomic mass is 10.1. The normalized spacial score (nSPS) is 10.2. The summed E-state index contributed by atoms with van der Waals surface area (Å²) in [5.74, 6) is 1.01. The summed E-state index contributed by atoms with van der Waals surface area (Å²) in [4.78, 5) is 13.2. The van der Waals surface area contributed by atoms with Crippen LogP contribution in [-0.4, -0.2) is 30.8 Å².